The standard InChI is InChI=1S/C17H12ClFN2O2S/c18-13-4-1-3-11(7-13)16-5-2-6-21-17(16)12-8-14(19)10-15(9-12)24(20,22)23/h1-10H,(H2,20,22,23). The SMILES string of the molecule is NS(=O)(=O)c1cc(F)cc(-c2ncccc2-c2cccc(Cl)c2)c1. The van der Waals surface area contributed by atoms with Crippen LogP contribution in [-0.4, -0.2) is 13.4 Å². The van der Waals surface area contributed by atoms with Crippen molar-refractivity contribution in [3.05, 3.63) is 71.6 Å². The second kappa shape index (κ2) is 6.32. The zero-order valence-corrected chi connectivity index (χ0v) is 13.9. The smallest absolute Gasteiger partial charge is 0.238 e. The lowest BCUT2D eigenvalue weighted by Gasteiger charge is -2.10. The monoisotopic (exact) mass is 362 g/mol. The lowest BCUT2D eigenvalue weighted by Crippen LogP contribution is -2.12. The molecule has 3 rings (SSSR count). The molecule has 0 amide bonds. The van der Waals surface area contributed by atoms with Crippen LogP contribution in [0.25, 0.3) is 22.4 Å². The first kappa shape index (κ1) is 16.6. The normalized spacial score (nSPS) is 11.5. The molecule has 4 nitrogen and oxygen atoms in total. The number of hydrogen-bond acceptors (Lipinski definition) is 3. The predicted octanol–water partition coefficient (Wildman–Crippen LogP) is 3.86. The Morgan fingerprint density at radius 1 is 1.00 bits per heavy atom. The van der Waals surface area contributed by atoms with Crippen molar-refractivity contribution in [2.45, 2.75) is 4.90 Å². The fourth-order valence-corrected chi connectivity index (χ4v) is 3.15. The highest BCUT2D eigenvalue weighted by molar-refractivity contribution is 7.89. The minimum atomic E-state index is -4.03. The average Bonchev–Trinajstić information content (AvgIpc) is 2.53. The number of aromatic nitrogens is 1. The number of benzene rings is 2. The molecule has 0 radical (unpaired) electrons. The number of nitrogens with two attached hydrogens (primary N) is 1. The van der Waals surface area contributed by atoms with Crippen molar-refractivity contribution in [1.82, 2.24) is 4.98 Å². The molecular weight excluding hydrogens is 351 g/mol. The third-order valence-corrected chi connectivity index (χ3v) is 4.54. The number of nitrogens with zero attached hydrogens (tertiary/aromatic N) is 1. The Morgan fingerprint density at radius 2 is 1.79 bits per heavy atom. The Hall–Kier alpha value is -2.28. The van der Waals surface area contributed by atoms with Gasteiger partial charge in [-0.25, -0.2) is 17.9 Å². The maximum absolute atomic E-state index is 13.9. The van der Waals surface area contributed by atoms with Crippen molar-refractivity contribution in [3.63, 3.8) is 0 Å². The summed E-state index contributed by atoms with van der Waals surface area (Å²) in [5.74, 6) is -0.709. The molecule has 0 aliphatic heterocycles. The van der Waals surface area contributed by atoms with Crippen molar-refractivity contribution < 1.29 is 12.8 Å². The minimum Gasteiger partial charge on any atom is -0.256 e. The average molecular weight is 363 g/mol. The number of halogens is 2. The van der Waals surface area contributed by atoms with E-state index < -0.39 is 15.8 Å². The third kappa shape index (κ3) is 3.46. The largest absolute Gasteiger partial charge is 0.256 e. The van der Waals surface area contributed by atoms with Gasteiger partial charge in [0, 0.05) is 22.3 Å². The van der Waals surface area contributed by atoms with Crippen LogP contribution >= 0.6 is 11.6 Å². The number of hydrogen-bond donors (Lipinski definition) is 1. The Balaban J connectivity index is 2.23. The molecule has 2 N–H and O–H groups in total. The Bertz CT molecular complexity index is 1020. The summed E-state index contributed by atoms with van der Waals surface area (Å²) >= 11 is 6.03. The molecule has 1 heterocycles. The van der Waals surface area contributed by atoms with Gasteiger partial charge < -0.3 is 0 Å². The fourth-order valence-electron chi connectivity index (χ4n) is 2.39. The van der Waals surface area contributed by atoms with E-state index >= 15 is 0 Å². The van der Waals surface area contributed by atoms with Crippen LogP contribution in [0.1, 0.15) is 0 Å². The highest BCUT2D eigenvalue weighted by atomic mass is 35.5. The maximum atomic E-state index is 13.9. The van der Waals surface area contributed by atoms with E-state index in [1.54, 1.807) is 36.5 Å². The van der Waals surface area contributed by atoms with Crippen molar-refractivity contribution in [3.8, 4) is 22.4 Å². The summed E-state index contributed by atoms with van der Waals surface area (Å²) in [4.78, 5) is 3.97. The summed E-state index contributed by atoms with van der Waals surface area (Å²) in [6.07, 6.45) is 1.55. The van der Waals surface area contributed by atoms with E-state index in [1.807, 2.05) is 6.07 Å². The van der Waals surface area contributed by atoms with Gasteiger partial charge in [0.05, 0.1) is 10.6 Å². The molecule has 0 unspecified atom stereocenters. The van der Waals surface area contributed by atoms with E-state index in [0.29, 0.717) is 21.8 Å². The quantitative estimate of drug-likeness (QED) is 0.769. The van der Waals surface area contributed by atoms with Crippen LogP contribution in [0.4, 0.5) is 4.39 Å². The van der Waals surface area contributed by atoms with E-state index in [4.69, 9.17) is 16.7 Å². The van der Waals surface area contributed by atoms with Gasteiger partial charge in [0.1, 0.15) is 5.82 Å². The molecule has 122 valence electrons. The van der Waals surface area contributed by atoms with Crippen molar-refractivity contribution in [1.29, 1.82) is 0 Å². The van der Waals surface area contributed by atoms with E-state index in [-0.39, 0.29) is 4.90 Å². The number of pyridine rings is 1. The Morgan fingerprint density at radius 3 is 2.50 bits per heavy atom. The van der Waals surface area contributed by atoms with Gasteiger partial charge in [0.25, 0.3) is 0 Å². The summed E-state index contributed by atoms with van der Waals surface area (Å²) in [6, 6.07) is 14.0. The Kier molecular flexibility index (Phi) is 4.36. The van der Waals surface area contributed by atoms with Crippen molar-refractivity contribution in [2.24, 2.45) is 5.14 Å². The number of primary sulfonamides is 1. The number of sulfonamides is 1. The van der Waals surface area contributed by atoms with Gasteiger partial charge in [0.2, 0.25) is 10.0 Å². The Labute approximate surface area is 143 Å². The highest BCUT2D eigenvalue weighted by Gasteiger charge is 2.15. The summed E-state index contributed by atoms with van der Waals surface area (Å²) in [6.45, 7) is 0. The number of rotatable bonds is 3. The molecule has 2 aromatic carbocycles. The molecular formula is C17H12ClFN2O2S. The van der Waals surface area contributed by atoms with Gasteiger partial charge in [0.15, 0.2) is 0 Å². The summed E-state index contributed by atoms with van der Waals surface area (Å²) < 4.78 is 37.0. The molecule has 0 aliphatic rings. The second-order valence-corrected chi connectivity index (χ2v) is 7.13. The molecule has 0 fully saturated rings. The van der Waals surface area contributed by atoms with Crippen LogP contribution < -0.4 is 5.14 Å². The van der Waals surface area contributed by atoms with Gasteiger partial charge in [-0.3, -0.25) is 4.98 Å². The molecule has 0 saturated heterocycles. The molecule has 0 aliphatic carbocycles. The van der Waals surface area contributed by atoms with Gasteiger partial charge in [-0.1, -0.05) is 29.8 Å². The topological polar surface area (TPSA) is 73.1 Å². The summed E-state index contributed by atoms with van der Waals surface area (Å²) in [7, 11) is -4.03. The van der Waals surface area contributed by atoms with E-state index in [9.17, 15) is 12.8 Å². The van der Waals surface area contributed by atoms with Crippen LogP contribution in [-0.2, 0) is 10.0 Å². The molecule has 7 heteroatoms. The van der Waals surface area contributed by atoms with Crippen molar-refractivity contribution in [2.75, 3.05) is 0 Å². The van der Waals surface area contributed by atoms with Crippen LogP contribution in [0, 0.1) is 5.82 Å². The third-order valence-electron chi connectivity index (χ3n) is 3.42. The van der Waals surface area contributed by atoms with E-state index in [0.717, 1.165) is 11.6 Å². The van der Waals surface area contributed by atoms with Crippen LogP contribution in [0.2, 0.25) is 5.02 Å². The molecule has 0 bridgehead atoms. The van der Waals surface area contributed by atoms with E-state index in [2.05, 4.69) is 4.98 Å². The second-order valence-electron chi connectivity index (χ2n) is 5.13. The summed E-state index contributed by atoms with van der Waals surface area (Å²) in [5, 5.41) is 5.66. The van der Waals surface area contributed by atoms with Crippen LogP contribution in [0.3, 0.4) is 0 Å². The van der Waals surface area contributed by atoms with E-state index in [1.165, 1.54) is 12.1 Å². The van der Waals surface area contributed by atoms with Gasteiger partial charge in [-0.05, 0) is 42.0 Å². The molecule has 3 aromatic rings. The zero-order chi connectivity index (χ0) is 17.3. The zero-order valence-electron chi connectivity index (χ0n) is 12.3. The van der Waals surface area contributed by atoms with Crippen LogP contribution in [0.5, 0.6) is 0 Å². The van der Waals surface area contributed by atoms with Gasteiger partial charge >= 0.3 is 0 Å². The van der Waals surface area contributed by atoms with Crippen LogP contribution in [0.15, 0.2) is 65.7 Å². The first-order valence-electron chi connectivity index (χ1n) is 6.89. The summed E-state index contributed by atoms with van der Waals surface area (Å²) in [5.41, 5.74) is 2.23. The molecule has 0 saturated carbocycles. The molecule has 1 aromatic heterocycles. The minimum absolute atomic E-state index is 0.305. The first-order valence-corrected chi connectivity index (χ1v) is 8.82. The lowest BCUT2D eigenvalue weighted by atomic mass is 9.99. The van der Waals surface area contributed by atoms with Crippen molar-refractivity contribution >= 4 is 21.6 Å². The molecule has 0 spiro atoms. The van der Waals surface area contributed by atoms with Gasteiger partial charge in [-0.15, -0.1) is 0 Å². The first-order chi connectivity index (χ1) is 11.3. The lowest BCUT2D eigenvalue weighted by molar-refractivity contribution is 0.592. The maximum Gasteiger partial charge on any atom is 0.238 e. The van der Waals surface area contributed by atoms with Gasteiger partial charge in [-0.2, -0.15) is 0 Å². The molecule has 24 heavy (non-hydrogen) atoms. The highest BCUT2D eigenvalue weighted by Crippen LogP contribution is 2.32. The molecule has 0 atom stereocenters. The fraction of sp³-hybridized carbons (Fsp3) is 0. The predicted molar refractivity (Wildman–Crippen MR) is 91.5 cm³/mol.